The van der Waals surface area contributed by atoms with Crippen LogP contribution < -0.4 is 5.32 Å². The number of nitrogens with one attached hydrogen (secondary N) is 1. The predicted molar refractivity (Wildman–Crippen MR) is 140 cm³/mol. The molecule has 2 aliphatic heterocycles. The summed E-state index contributed by atoms with van der Waals surface area (Å²) in [7, 11) is 2.30. The molecule has 0 aromatic carbocycles. The quantitative estimate of drug-likeness (QED) is 0.201. The van der Waals surface area contributed by atoms with E-state index in [1.807, 2.05) is 0 Å². The maximum atomic E-state index is 6.18. The van der Waals surface area contributed by atoms with Gasteiger partial charge in [-0.3, -0.25) is 4.99 Å². The predicted octanol–water partition coefficient (Wildman–Crippen LogP) is 4.27. The lowest BCUT2D eigenvalue weighted by Gasteiger charge is -2.35. The third-order valence-corrected chi connectivity index (χ3v) is 7.00. The smallest absolute Gasteiger partial charge is 0.193 e. The number of nitrogens with zero attached hydrogens (tertiary/aromatic N) is 3. The molecule has 0 amide bonds. The summed E-state index contributed by atoms with van der Waals surface area (Å²) in [4.78, 5) is 9.93. The highest BCUT2D eigenvalue weighted by molar-refractivity contribution is 14.0. The van der Waals surface area contributed by atoms with Crippen LogP contribution in [-0.2, 0) is 9.47 Å². The van der Waals surface area contributed by atoms with E-state index in [1.54, 1.807) is 0 Å². The van der Waals surface area contributed by atoms with Crippen LogP contribution >= 0.6 is 24.0 Å². The summed E-state index contributed by atoms with van der Waals surface area (Å²) in [5, 5.41) is 3.50. The van der Waals surface area contributed by atoms with Crippen molar-refractivity contribution in [2.24, 2.45) is 4.99 Å². The molecule has 2 heterocycles. The van der Waals surface area contributed by atoms with Crippen molar-refractivity contribution in [2.45, 2.75) is 95.8 Å². The molecule has 0 aromatic heterocycles. The first-order valence-electron chi connectivity index (χ1n) is 12.7. The van der Waals surface area contributed by atoms with Crippen LogP contribution in [-0.4, -0.2) is 87.0 Å². The second-order valence-corrected chi connectivity index (χ2v) is 9.37. The lowest BCUT2D eigenvalue weighted by molar-refractivity contribution is -0.0721. The number of rotatable bonds is 9. The molecule has 0 spiro atoms. The summed E-state index contributed by atoms with van der Waals surface area (Å²) in [6, 6.07) is 0.800. The highest BCUT2D eigenvalue weighted by Crippen LogP contribution is 2.21. The summed E-state index contributed by atoms with van der Waals surface area (Å²) >= 11 is 0. The minimum absolute atomic E-state index is 0. The average molecular weight is 551 g/mol. The summed E-state index contributed by atoms with van der Waals surface area (Å²) in [6.07, 6.45) is 14.7. The van der Waals surface area contributed by atoms with Gasteiger partial charge in [0.1, 0.15) is 0 Å². The van der Waals surface area contributed by atoms with Crippen LogP contribution in [0.3, 0.4) is 0 Å². The Balaban J connectivity index is 0.00000341. The number of halogens is 1. The monoisotopic (exact) mass is 550 g/mol. The minimum Gasteiger partial charge on any atom is -0.376 e. The van der Waals surface area contributed by atoms with Crippen LogP contribution in [0.15, 0.2) is 4.99 Å². The average Bonchev–Trinajstić information content (AvgIpc) is 2.81. The van der Waals surface area contributed by atoms with E-state index in [-0.39, 0.29) is 24.0 Å². The zero-order valence-electron chi connectivity index (χ0n) is 20.0. The third kappa shape index (κ3) is 9.72. The van der Waals surface area contributed by atoms with Gasteiger partial charge < -0.3 is 24.6 Å². The molecule has 0 radical (unpaired) electrons. The van der Waals surface area contributed by atoms with Gasteiger partial charge in [0.2, 0.25) is 0 Å². The highest BCUT2D eigenvalue weighted by atomic mass is 127. The Morgan fingerprint density at radius 2 is 1.81 bits per heavy atom. The van der Waals surface area contributed by atoms with Gasteiger partial charge in [-0.15, -0.1) is 24.0 Å². The normalized spacial score (nSPS) is 24.3. The van der Waals surface area contributed by atoms with Crippen molar-refractivity contribution in [2.75, 3.05) is 53.0 Å². The molecule has 31 heavy (non-hydrogen) atoms. The van der Waals surface area contributed by atoms with Crippen molar-refractivity contribution in [3.05, 3.63) is 0 Å². The summed E-state index contributed by atoms with van der Waals surface area (Å²) in [5.74, 6) is 1.09. The van der Waals surface area contributed by atoms with Gasteiger partial charge in [-0.1, -0.05) is 19.3 Å². The SMILES string of the molecule is CCNC(=NCCCN(C)C1CCCCC1)N1CCC(OCC2CCCCO2)CC1.I. The van der Waals surface area contributed by atoms with Crippen LogP contribution in [0.2, 0.25) is 0 Å². The topological polar surface area (TPSA) is 49.3 Å². The standard InChI is InChI=1S/C24H46N4O2.HI/c1-3-25-24(26-15-9-16-27(2)21-10-5-4-6-11-21)28-17-13-22(14-18-28)30-20-23-12-7-8-19-29-23;/h21-23H,3-20H2,1-2H3,(H,25,26);1H. The molecule has 3 rings (SSSR count). The number of aliphatic imine (C=N–C) groups is 1. The molecule has 2 saturated heterocycles. The largest absolute Gasteiger partial charge is 0.376 e. The van der Waals surface area contributed by atoms with E-state index in [0.717, 1.165) is 83.6 Å². The number of hydrogen-bond donors (Lipinski definition) is 1. The van der Waals surface area contributed by atoms with Gasteiger partial charge in [0.05, 0.1) is 18.8 Å². The van der Waals surface area contributed by atoms with Gasteiger partial charge in [-0.2, -0.15) is 0 Å². The second kappa shape index (κ2) is 15.7. The first-order valence-corrected chi connectivity index (χ1v) is 12.7. The number of likely N-dealkylation sites (tertiary alicyclic amines) is 1. The van der Waals surface area contributed by atoms with E-state index >= 15 is 0 Å². The zero-order valence-corrected chi connectivity index (χ0v) is 22.4. The lowest BCUT2D eigenvalue weighted by atomic mass is 9.94. The van der Waals surface area contributed by atoms with Crippen molar-refractivity contribution in [3.63, 3.8) is 0 Å². The van der Waals surface area contributed by atoms with E-state index in [4.69, 9.17) is 14.5 Å². The summed E-state index contributed by atoms with van der Waals surface area (Å²) in [6.45, 7) is 8.90. The summed E-state index contributed by atoms with van der Waals surface area (Å²) in [5.41, 5.74) is 0. The second-order valence-electron chi connectivity index (χ2n) is 9.37. The third-order valence-electron chi connectivity index (χ3n) is 7.00. The van der Waals surface area contributed by atoms with E-state index in [2.05, 4.69) is 29.1 Å². The van der Waals surface area contributed by atoms with Crippen molar-refractivity contribution in [3.8, 4) is 0 Å². The molecule has 0 bridgehead atoms. The van der Waals surface area contributed by atoms with Gasteiger partial charge in [-0.25, -0.2) is 0 Å². The maximum Gasteiger partial charge on any atom is 0.193 e. The van der Waals surface area contributed by atoms with Gasteiger partial charge in [0.15, 0.2) is 5.96 Å². The van der Waals surface area contributed by atoms with Crippen molar-refractivity contribution in [1.82, 2.24) is 15.1 Å². The summed E-state index contributed by atoms with van der Waals surface area (Å²) < 4.78 is 12.0. The molecule has 1 aliphatic carbocycles. The molecule has 1 saturated carbocycles. The Morgan fingerprint density at radius 1 is 1.06 bits per heavy atom. The van der Waals surface area contributed by atoms with Gasteiger partial charge >= 0.3 is 0 Å². The first kappa shape index (κ1) is 27.1. The number of piperidine rings is 1. The van der Waals surface area contributed by atoms with Crippen LogP contribution in [0.5, 0.6) is 0 Å². The van der Waals surface area contributed by atoms with Crippen LogP contribution in [0, 0.1) is 0 Å². The maximum absolute atomic E-state index is 6.18. The van der Waals surface area contributed by atoms with E-state index in [1.165, 1.54) is 44.9 Å². The van der Waals surface area contributed by atoms with Gasteiger partial charge in [0.25, 0.3) is 0 Å². The van der Waals surface area contributed by atoms with Gasteiger partial charge in [-0.05, 0) is 71.9 Å². The Morgan fingerprint density at radius 3 is 2.48 bits per heavy atom. The van der Waals surface area contributed by atoms with Crippen molar-refractivity contribution in [1.29, 1.82) is 0 Å². The number of guanidine groups is 1. The Kier molecular flexibility index (Phi) is 13.7. The number of ether oxygens (including phenoxy) is 2. The van der Waals surface area contributed by atoms with E-state index in [9.17, 15) is 0 Å². The molecule has 7 heteroatoms. The first-order chi connectivity index (χ1) is 14.8. The molecule has 1 unspecified atom stereocenters. The van der Waals surface area contributed by atoms with E-state index in [0.29, 0.717) is 12.2 Å². The Hall–Kier alpha value is -0.120. The molecular weight excluding hydrogens is 503 g/mol. The Labute approximate surface area is 207 Å². The molecule has 0 aromatic rings. The fourth-order valence-electron chi connectivity index (χ4n) is 5.05. The fraction of sp³-hybridized carbons (Fsp3) is 0.958. The van der Waals surface area contributed by atoms with Crippen molar-refractivity contribution < 1.29 is 9.47 Å². The highest BCUT2D eigenvalue weighted by Gasteiger charge is 2.24. The van der Waals surface area contributed by atoms with Gasteiger partial charge in [0, 0.05) is 38.8 Å². The molecule has 1 atom stereocenters. The molecular formula is C24H47IN4O2. The molecule has 6 nitrogen and oxygen atoms in total. The molecule has 3 fully saturated rings. The van der Waals surface area contributed by atoms with Crippen LogP contribution in [0.1, 0.15) is 77.6 Å². The molecule has 1 N–H and O–H groups in total. The lowest BCUT2D eigenvalue weighted by Crippen LogP contribution is -2.47. The van der Waals surface area contributed by atoms with Crippen LogP contribution in [0.4, 0.5) is 0 Å². The number of hydrogen-bond acceptors (Lipinski definition) is 4. The molecule has 3 aliphatic rings. The molecule has 182 valence electrons. The van der Waals surface area contributed by atoms with Crippen molar-refractivity contribution >= 4 is 29.9 Å². The minimum atomic E-state index is 0. The zero-order chi connectivity index (χ0) is 21.0. The van der Waals surface area contributed by atoms with E-state index < -0.39 is 0 Å². The fourth-order valence-corrected chi connectivity index (χ4v) is 5.05. The Bertz CT molecular complexity index is 488. The van der Waals surface area contributed by atoms with Crippen LogP contribution in [0.25, 0.3) is 0 Å².